The number of halogens is 1. The molecule has 0 spiro atoms. The predicted octanol–water partition coefficient (Wildman–Crippen LogP) is 2.37. The van der Waals surface area contributed by atoms with Gasteiger partial charge in [0, 0.05) is 17.2 Å². The van der Waals surface area contributed by atoms with Gasteiger partial charge in [-0.3, -0.25) is 4.79 Å². The number of methoxy groups -OCH3 is 1. The molecule has 0 saturated heterocycles. The molecule has 1 rings (SSSR count). The number of benzene rings is 1. The number of carbonyl (C=O) groups is 1. The third kappa shape index (κ3) is 3.23. The molecule has 4 heteroatoms. The topological polar surface area (TPSA) is 29.5 Å². The van der Waals surface area contributed by atoms with Gasteiger partial charge in [0.15, 0.2) is 0 Å². The largest absolute Gasteiger partial charge is 0.468 e. The number of nitrogens with zero attached hydrogens (tertiary/aromatic N) is 1. The van der Waals surface area contributed by atoms with Crippen molar-refractivity contribution in [1.82, 2.24) is 0 Å². The minimum Gasteiger partial charge on any atom is -0.468 e. The van der Waals surface area contributed by atoms with Crippen molar-refractivity contribution in [2.75, 3.05) is 25.6 Å². The van der Waals surface area contributed by atoms with E-state index in [1.54, 1.807) is 0 Å². The molecule has 0 unspecified atom stereocenters. The second kappa shape index (κ2) is 5.16. The molecule has 0 bridgehead atoms. The van der Waals surface area contributed by atoms with Gasteiger partial charge in [-0.1, -0.05) is 22.0 Å². The molecule has 3 nitrogen and oxygen atoms in total. The molecule has 0 heterocycles. The first-order valence-corrected chi connectivity index (χ1v) is 5.38. The Hall–Kier alpha value is -1.03. The van der Waals surface area contributed by atoms with E-state index in [0.717, 1.165) is 10.2 Å². The van der Waals surface area contributed by atoms with E-state index in [1.807, 2.05) is 37.1 Å². The van der Waals surface area contributed by atoms with E-state index in [0.29, 0.717) is 0 Å². The fraction of sp³-hybridized carbons (Fsp3) is 0.364. The van der Waals surface area contributed by atoms with Crippen LogP contribution in [-0.2, 0) is 9.53 Å². The van der Waals surface area contributed by atoms with E-state index in [1.165, 1.54) is 12.7 Å². The van der Waals surface area contributed by atoms with E-state index >= 15 is 0 Å². The third-order valence-electron chi connectivity index (χ3n) is 2.19. The Morgan fingerprint density at radius 3 is 2.73 bits per heavy atom. The van der Waals surface area contributed by atoms with Gasteiger partial charge >= 0.3 is 5.97 Å². The lowest BCUT2D eigenvalue weighted by molar-refractivity contribution is -0.138. The number of likely N-dealkylation sites (N-methyl/N-ethyl adjacent to an activating group) is 1. The van der Waals surface area contributed by atoms with Gasteiger partial charge in [0.05, 0.1) is 7.11 Å². The van der Waals surface area contributed by atoms with Crippen LogP contribution in [-0.4, -0.2) is 26.7 Å². The van der Waals surface area contributed by atoms with Crippen molar-refractivity contribution in [3.63, 3.8) is 0 Å². The van der Waals surface area contributed by atoms with Crippen LogP contribution in [0.1, 0.15) is 5.56 Å². The third-order valence-corrected chi connectivity index (χ3v) is 3.04. The molecular formula is C11H14BrNO2. The van der Waals surface area contributed by atoms with E-state index < -0.39 is 0 Å². The normalized spacial score (nSPS) is 9.87. The van der Waals surface area contributed by atoms with E-state index in [4.69, 9.17) is 0 Å². The lowest BCUT2D eigenvalue weighted by Crippen LogP contribution is -2.26. The number of aryl methyl sites for hydroxylation is 1. The smallest absolute Gasteiger partial charge is 0.325 e. The highest BCUT2D eigenvalue weighted by molar-refractivity contribution is 9.10. The Kier molecular flexibility index (Phi) is 4.15. The number of ether oxygens (including phenoxy) is 1. The molecule has 0 aliphatic carbocycles. The molecule has 0 aliphatic rings. The first kappa shape index (κ1) is 12.0. The lowest BCUT2D eigenvalue weighted by atomic mass is 10.2. The molecule has 0 aliphatic heterocycles. The zero-order valence-corrected chi connectivity index (χ0v) is 10.7. The van der Waals surface area contributed by atoms with Crippen LogP contribution in [0.4, 0.5) is 5.69 Å². The van der Waals surface area contributed by atoms with Crippen molar-refractivity contribution in [3.05, 3.63) is 28.2 Å². The molecule has 82 valence electrons. The average molecular weight is 272 g/mol. The first-order chi connectivity index (χ1) is 7.04. The summed E-state index contributed by atoms with van der Waals surface area (Å²) in [5.41, 5.74) is 2.16. The maximum absolute atomic E-state index is 11.1. The van der Waals surface area contributed by atoms with Crippen molar-refractivity contribution in [1.29, 1.82) is 0 Å². The molecule has 1 aromatic carbocycles. The zero-order chi connectivity index (χ0) is 11.4. The quantitative estimate of drug-likeness (QED) is 0.791. The number of anilines is 1. The molecule has 0 amide bonds. The summed E-state index contributed by atoms with van der Waals surface area (Å²) in [6.07, 6.45) is 0. The standard InChI is InChI=1S/C11H14BrNO2/c1-8-4-5-9(6-10(8)12)13(2)7-11(14)15-3/h4-6H,7H2,1-3H3. The van der Waals surface area contributed by atoms with Gasteiger partial charge in [0.2, 0.25) is 0 Å². The summed E-state index contributed by atoms with van der Waals surface area (Å²) in [5, 5.41) is 0. The summed E-state index contributed by atoms with van der Waals surface area (Å²) in [6, 6.07) is 5.97. The number of hydrogen-bond donors (Lipinski definition) is 0. The monoisotopic (exact) mass is 271 g/mol. The predicted molar refractivity (Wildman–Crippen MR) is 64.2 cm³/mol. The van der Waals surface area contributed by atoms with Crippen LogP contribution in [0.3, 0.4) is 0 Å². The Balaban J connectivity index is 2.78. The van der Waals surface area contributed by atoms with Crippen LogP contribution >= 0.6 is 15.9 Å². The molecular weight excluding hydrogens is 258 g/mol. The van der Waals surface area contributed by atoms with Crippen LogP contribution in [0.15, 0.2) is 22.7 Å². The molecule has 0 fully saturated rings. The van der Waals surface area contributed by atoms with E-state index in [9.17, 15) is 4.79 Å². The van der Waals surface area contributed by atoms with Crippen LogP contribution in [0.5, 0.6) is 0 Å². The van der Waals surface area contributed by atoms with Crippen molar-refractivity contribution >= 4 is 27.6 Å². The number of esters is 1. The highest BCUT2D eigenvalue weighted by atomic mass is 79.9. The van der Waals surface area contributed by atoms with Gasteiger partial charge in [-0.05, 0) is 24.6 Å². The summed E-state index contributed by atoms with van der Waals surface area (Å²) >= 11 is 3.45. The summed E-state index contributed by atoms with van der Waals surface area (Å²) < 4.78 is 5.64. The van der Waals surface area contributed by atoms with Crippen molar-refractivity contribution in [3.8, 4) is 0 Å². The fourth-order valence-electron chi connectivity index (χ4n) is 1.17. The zero-order valence-electron chi connectivity index (χ0n) is 9.08. The average Bonchev–Trinajstić information content (AvgIpc) is 2.21. The Morgan fingerprint density at radius 1 is 1.53 bits per heavy atom. The second-order valence-corrected chi connectivity index (χ2v) is 4.22. The Bertz CT molecular complexity index is 366. The fourth-order valence-corrected chi connectivity index (χ4v) is 1.54. The molecule has 0 radical (unpaired) electrons. The lowest BCUT2D eigenvalue weighted by Gasteiger charge is -2.18. The SMILES string of the molecule is COC(=O)CN(C)c1ccc(C)c(Br)c1. The Morgan fingerprint density at radius 2 is 2.20 bits per heavy atom. The van der Waals surface area contributed by atoms with Gasteiger partial charge in [0.25, 0.3) is 0 Å². The van der Waals surface area contributed by atoms with Crippen molar-refractivity contribution < 1.29 is 9.53 Å². The van der Waals surface area contributed by atoms with Gasteiger partial charge in [0.1, 0.15) is 6.54 Å². The summed E-state index contributed by atoms with van der Waals surface area (Å²) in [5.74, 6) is -0.241. The summed E-state index contributed by atoms with van der Waals surface area (Å²) in [7, 11) is 3.25. The molecule has 15 heavy (non-hydrogen) atoms. The minimum atomic E-state index is -0.241. The first-order valence-electron chi connectivity index (χ1n) is 4.58. The highest BCUT2D eigenvalue weighted by Crippen LogP contribution is 2.22. The van der Waals surface area contributed by atoms with Crippen LogP contribution < -0.4 is 4.90 Å². The second-order valence-electron chi connectivity index (χ2n) is 3.37. The molecule has 0 aromatic heterocycles. The van der Waals surface area contributed by atoms with E-state index in [2.05, 4.69) is 20.7 Å². The van der Waals surface area contributed by atoms with Gasteiger partial charge in [-0.25, -0.2) is 0 Å². The van der Waals surface area contributed by atoms with Crippen molar-refractivity contribution in [2.45, 2.75) is 6.92 Å². The maximum atomic E-state index is 11.1. The van der Waals surface area contributed by atoms with Crippen LogP contribution in [0, 0.1) is 6.92 Å². The maximum Gasteiger partial charge on any atom is 0.325 e. The van der Waals surface area contributed by atoms with Crippen molar-refractivity contribution in [2.24, 2.45) is 0 Å². The molecule has 0 N–H and O–H groups in total. The summed E-state index contributed by atoms with van der Waals surface area (Å²) in [4.78, 5) is 12.9. The number of hydrogen-bond acceptors (Lipinski definition) is 3. The Labute approximate surface area is 98.2 Å². The van der Waals surface area contributed by atoms with Gasteiger partial charge < -0.3 is 9.64 Å². The van der Waals surface area contributed by atoms with E-state index in [-0.39, 0.29) is 12.5 Å². The highest BCUT2D eigenvalue weighted by Gasteiger charge is 2.07. The molecule has 0 saturated carbocycles. The number of rotatable bonds is 3. The van der Waals surface area contributed by atoms with Gasteiger partial charge in [-0.2, -0.15) is 0 Å². The molecule has 0 atom stereocenters. The summed E-state index contributed by atoms with van der Waals surface area (Å²) in [6.45, 7) is 2.28. The van der Waals surface area contributed by atoms with Crippen LogP contribution in [0.25, 0.3) is 0 Å². The number of carbonyl (C=O) groups excluding carboxylic acids is 1. The van der Waals surface area contributed by atoms with Crippen LogP contribution in [0.2, 0.25) is 0 Å². The van der Waals surface area contributed by atoms with Gasteiger partial charge in [-0.15, -0.1) is 0 Å². The minimum absolute atomic E-state index is 0.241. The molecule has 1 aromatic rings.